The van der Waals surface area contributed by atoms with E-state index in [-0.39, 0.29) is 5.78 Å². The van der Waals surface area contributed by atoms with Gasteiger partial charge in [-0.2, -0.15) is 0 Å². The molecule has 0 heterocycles. The van der Waals surface area contributed by atoms with E-state index in [4.69, 9.17) is 23.2 Å². The minimum atomic E-state index is -0.0795. The van der Waals surface area contributed by atoms with E-state index in [0.29, 0.717) is 21.2 Å². The molecule has 2 aromatic carbocycles. The third-order valence-corrected chi connectivity index (χ3v) is 4.41. The fourth-order valence-corrected chi connectivity index (χ4v) is 2.36. The summed E-state index contributed by atoms with van der Waals surface area (Å²) < 4.78 is 0.807. The monoisotopic (exact) mass is 342 g/mol. The van der Waals surface area contributed by atoms with Gasteiger partial charge in [-0.1, -0.05) is 35.3 Å². The van der Waals surface area contributed by atoms with Crippen molar-refractivity contribution in [1.29, 1.82) is 0 Å². The molecule has 0 aliphatic carbocycles. The molecule has 0 amide bonds. The smallest absolute Gasteiger partial charge is 0.194 e. The molecule has 0 N–H and O–H groups in total. The molecular formula is C14H9BrCl2O. The maximum Gasteiger partial charge on any atom is 0.194 e. The van der Waals surface area contributed by atoms with Gasteiger partial charge in [0.2, 0.25) is 0 Å². The Hall–Kier alpha value is -0.830. The minimum Gasteiger partial charge on any atom is -0.289 e. The molecule has 0 saturated carbocycles. The highest BCUT2D eigenvalue weighted by atomic mass is 79.9. The summed E-state index contributed by atoms with van der Waals surface area (Å²) in [5.41, 5.74) is 2.16. The number of aryl methyl sites for hydroxylation is 1. The molecular weight excluding hydrogens is 335 g/mol. The molecule has 0 radical (unpaired) electrons. The van der Waals surface area contributed by atoms with E-state index in [9.17, 15) is 4.79 Å². The van der Waals surface area contributed by atoms with Crippen molar-refractivity contribution in [3.63, 3.8) is 0 Å². The molecule has 0 saturated heterocycles. The van der Waals surface area contributed by atoms with E-state index in [0.717, 1.165) is 10.0 Å². The van der Waals surface area contributed by atoms with Crippen molar-refractivity contribution in [2.45, 2.75) is 6.92 Å². The molecule has 2 rings (SSSR count). The third kappa shape index (κ3) is 2.61. The van der Waals surface area contributed by atoms with Crippen LogP contribution < -0.4 is 0 Å². The van der Waals surface area contributed by atoms with Crippen molar-refractivity contribution in [2.24, 2.45) is 0 Å². The predicted molar refractivity (Wildman–Crippen MR) is 78.8 cm³/mol. The Bertz CT molecular complexity index is 623. The topological polar surface area (TPSA) is 17.1 Å². The number of hydrogen-bond acceptors (Lipinski definition) is 1. The maximum absolute atomic E-state index is 12.4. The van der Waals surface area contributed by atoms with Crippen LogP contribution in [0.4, 0.5) is 0 Å². The highest BCUT2D eigenvalue weighted by Gasteiger charge is 2.14. The molecule has 0 aliphatic heterocycles. The number of rotatable bonds is 2. The second-order valence-electron chi connectivity index (χ2n) is 3.89. The molecule has 0 bridgehead atoms. The van der Waals surface area contributed by atoms with Crippen LogP contribution in [-0.4, -0.2) is 5.78 Å². The lowest BCUT2D eigenvalue weighted by Crippen LogP contribution is -2.03. The van der Waals surface area contributed by atoms with Crippen LogP contribution in [0.2, 0.25) is 10.0 Å². The zero-order valence-electron chi connectivity index (χ0n) is 9.51. The second-order valence-corrected chi connectivity index (χ2v) is 5.50. The Kier molecular flexibility index (Phi) is 4.10. The minimum absolute atomic E-state index is 0.0795. The summed E-state index contributed by atoms with van der Waals surface area (Å²) >= 11 is 15.2. The summed E-state index contributed by atoms with van der Waals surface area (Å²) in [4.78, 5) is 12.4. The van der Waals surface area contributed by atoms with Gasteiger partial charge in [-0.25, -0.2) is 0 Å². The van der Waals surface area contributed by atoms with Crippen molar-refractivity contribution in [3.8, 4) is 0 Å². The van der Waals surface area contributed by atoms with Gasteiger partial charge in [0, 0.05) is 15.6 Å². The fourth-order valence-electron chi connectivity index (χ4n) is 1.62. The van der Waals surface area contributed by atoms with Crippen molar-refractivity contribution in [2.75, 3.05) is 0 Å². The summed E-state index contributed by atoms with van der Waals surface area (Å²) in [5, 5.41) is 0.822. The standard InChI is InChI=1S/C14H9BrCl2O/c1-8-3-2-4-10(13(8)15)14(18)9-5-6-11(16)12(17)7-9/h2-7H,1H3. The molecule has 92 valence electrons. The van der Waals surface area contributed by atoms with Gasteiger partial charge in [-0.05, 0) is 52.7 Å². The molecule has 1 nitrogen and oxygen atoms in total. The van der Waals surface area contributed by atoms with Gasteiger partial charge < -0.3 is 0 Å². The van der Waals surface area contributed by atoms with Crippen molar-refractivity contribution in [3.05, 3.63) is 67.6 Å². The van der Waals surface area contributed by atoms with Gasteiger partial charge in [0.25, 0.3) is 0 Å². The van der Waals surface area contributed by atoms with Gasteiger partial charge in [-0.15, -0.1) is 0 Å². The molecule has 4 heteroatoms. The molecule has 2 aromatic rings. The quantitative estimate of drug-likeness (QED) is 0.676. The first-order chi connectivity index (χ1) is 8.50. The van der Waals surface area contributed by atoms with Crippen LogP contribution in [0.5, 0.6) is 0 Å². The fraction of sp³-hybridized carbons (Fsp3) is 0.0714. The molecule has 0 aliphatic rings. The number of benzene rings is 2. The number of ketones is 1. The number of hydrogen-bond donors (Lipinski definition) is 0. The molecule has 0 fully saturated rings. The average Bonchev–Trinajstić information content (AvgIpc) is 2.35. The molecule has 18 heavy (non-hydrogen) atoms. The van der Waals surface area contributed by atoms with E-state index in [2.05, 4.69) is 15.9 Å². The van der Waals surface area contributed by atoms with E-state index in [1.807, 2.05) is 19.1 Å². The highest BCUT2D eigenvalue weighted by Crippen LogP contribution is 2.27. The zero-order valence-corrected chi connectivity index (χ0v) is 12.6. The summed E-state index contributed by atoms with van der Waals surface area (Å²) in [6, 6.07) is 10.5. The van der Waals surface area contributed by atoms with Gasteiger partial charge in [0.05, 0.1) is 10.0 Å². The van der Waals surface area contributed by atoms with Crippen LogP contribution in [0.3, 0.4) is 0 Å². The van der Waals surface area contributed by atoms with Crippen molar-refractivity contribution in [1.82, 2.24) is 0 Å². The van der Waals surface area contributed by atoms with Crippen LogP contribution in [0.25, 0.3) is 0 Å². The summed E-state index contributed by atoms with van der Waals surface area (Å²) in [6.07, 6.45) is 0. The van der Waals surface area contributed by atoms with Crippen LogP contribution in [0, 0.1) is 6.92 Å². The van der Waals surface area contributed by atoms with Crippen LogP contribution in [-0.2, 0) is 0 Å². The van der Waals surface area contributed by atoms with E-state index in [1.54, 1.807) is 24.3 Å². The van der Waals surface area contributed by atoms with Crippen LogP contribution in [0.1, 0.15) is 21.5 Å². The third-order valence-electron chi connectivity index (χ3n) is 2.62. The Balaban J connectivity index is 2.48. The van der Waals surface area contributed by atoms with Crippen LogP contribution >= 0.6 is 39.1 Å². The van der Waals surface area contributed by atoms with Gasteiger partial charge in [0.1, 0.15) is 0 Å². The Morgan fingerprint density at radius 2 is 1.83 bits per heavy atom. The Morgan fingerprint density at radius 3 is 2.50 bits per heavy atom. The summed E-state index contributed by atoms with van der Waals surface area (Å²) in [7, 11) is 0. The Labute approximate surface area is 124 Å². The predicted octanol–water partition coefficient (Wildman–Crippen LogP) is 5.30. The Morgan fingerprint density at radius 1 is 1.11 bits per heavy atom. The lowest BCUT2D eigenvalue weighted by molar-refractivity contribution is 0.103. The molecule has 0 atom stereocenters. The first kappa shape index (κ1) is 13.6. The van der Waals surface area contributed by atoms with Gasteiger partial charge >= 0.3 is 0 Å². The van der Waals surface area contributed by atoms with Crippen molar-refractivity contribution >= 4 is 44.9 Å². The lowest BCUT2D eigenvalue weighted by Gasteiger charge is -2.07. The van der Waals surface area contributed by atoms with E-state index in [1.165, 1.54) is 0 Å². The SMILES string of the molecule is Cc1cccc(C(=O)c2ccc(Cl)c(Cl)c2)c1Br. The number of carbonyl (C=O) groups is 1. The van der Waals surface area contributed by atoms with Gasteiger partial charge in [0.15, 0.2) is 5.78 Å². The zero-order chi connectivity index (χ0) is 13.3. The number of halogens is 3. The molecule has 0 unspecified atom stereocenters. The van der Waals surface area contributed by atoms with Crippen LogP contribution in [0.15, 0.2) is 40.9 Å². The van der Waals surface area contributed by atoms with E-state index >= 15 is 0 Å². The highest BCUT2D eigenvalue weighted by molar-refractivity contribution is 9.10. The second kappa shape index (κ2) is 5.43. The van der Waals surface area contributed by atoms with Gasteiger partial charge in [-0.3, -0.25) is 4.79 Å². The summed E-state index contributed by atoms with van der Waals surface area (Å²) in [5.74, 6) is -0.0795. The molecule has 0 spiro atoms. The first-order valence-electron chi connectivity index (χ1n) is 5.25. The van der Waals surface area contributed by atoms with Crippen molar-refractivity contribution < 1.29 is 4.79 Å². The average molecular weight is 344 g/mol. The normalized spacial score (nSPS) is 10.4. The largest absolute Gasteiger partial charge is 0.289 e. The van der Waals surface area contributed by atoms with E-state index < -0.39 is 0 Å². The number of carbonyl (C=O) groups excluding carboxylic acids is 1. The lowest BCUT2D eigenvalue weighted by atomic mass is 10.0. The maximum atomic E-state index is 12.4. The molecule has 0 aromatic heterocycles. The summed E-state index contributed by atoms with van der Waals surface area (Å²) in [6.45, 7) is 1.94. The first-order valence-corrected chi connectivity index (χ1v) is 6.80.